The molecule has 0 aliphatic heterocycles. The molecule has 2 heterocycles. The van der Waals surface area contributed by atoms with Gasteiger partial charge in [0.2, 0.25) is 5.91 Å². The Morgan fingerprint density at radius 2 is 1.93 bits per heavy atom. The van der Waals surface area contributed by atoms with Gasteiger partial charge in [-0.15, -0.1) is 0 Å². The minimum Gasteiger partial charge on any atom is -0.350 e. The van der Waals surface area contributed by atoms with Gasteiger partial charge in [0, 0.05) is 37.1 Å². The van der Waals surface area contributed by atoms with Crippen LogP contribution >= 0.6 is 0 Å². The number of likely N-dealkylation sites (N-methyl/N-ethyl adjacent to an activating group) is 1. The Morgan fingerprint density at radius 3 is 2.52 bits per heavy atom. The molecular weight excluding hydrogens is 340 g/mol. The third kappa shape index (κ3) is 4.25. The van der Waals surface area contributed by atoms with Gasteiger partial charge >= 0.3 is 0 Å². The monoisotopic (exact) mass is 366 g/mol. The van der Waals surface area contributed by atoms with E-state index in [-0.39, 0.29) is 11.8 Å². The first kappa shape index (κ1) is 18.8. The van der Waals surface area contributed by atoms with Crippen LogP contribution in [0.3, 0.4) is 0 Å². The van der Waals surface area contributed by atoms with Crippen molar-refractivity contribution in [3.8, 4) is 5.69 Å². The van der Waals surface area contributed by atoms with E-state index in [4.69, 9.17) is 5.10 Å². The fourth-order valence-electron chi connectivity index (χ4n) is 3.08. The van der Waals surface area contributed by atoms with Gasteiger partial charge in [-0.1, -0.05) is 32.0 Å². The van der Waals surface area contributed by atoms with Crippen LogP contribution in [0.15, 0.2) is 48.9 Å². The summed E-state index contributed by atoms with van der Waals surface area (Å²) < 4.78 is 3.56. The summed E-state index contributed by atoms with van der Waals surface area (Å²) in [7, 11) is 3.60. The quantitative estimate of drug-likeness (QED) is 0.673. The predicted octanol–water partition coefficient (Wildman–Crippen LogP) is 2.31. The van der Waals surface area contributed by atoms with Crippen LogP contribution in [-0.4, -0.2) is 32.5 Å². The number of carbonyl (C=O) groups is 1. The highest BCUT2D eigenvalue weighted by Gasteiger charge is 2.21. The van der Waals surface area contributed by atoms with E-state index in [0.717, 1.165) is 22.5 Å². The van der Waals surface area contributed by atoms with E-state index in [1.807, 2.05) is 54.5 Å². The first-order valence-corrected chi connectivity index (χ1v) is 9.07. The topological polar surface area (TPSA) is 76.8 Å². The van der Waals surface area contributed by atoms with Gasteiger partial charge in [-0.25, -0.2) is 4.68 Å². The molecular formula is C20H26N6O. The zero-order chi connectivity index (χ0) is 19.4. The molecule has 1 unspecified atom stereocenters. The molecule has 27 heavy (non-hydrogen) atoms. The summed E-state index contributed by atoms with van der Waals surface area (Å²) in [6.07, 6.45) is 5.53. The predicted molar refractivity (Wildman–Crippen MR) is 105 cm³/mol. The number of rotatable bonds is 7. The highest BCUT2D eigenvalue weighted by molar-refractivity contribution is 5.83. The zero-order valence-corrected chi connectivity index (χ0v) is 16.2. The smallest absolute Gasteiger partial charge is 0.242 e. The molecule has 3 rings (SSSR count). The van der Waals surface area contributed by atoms with Crippen molar-refractivity contribution < 1.29 is 4.79 Å². The summed E-state index contributed by atoms with van der Waals surface area (Å²) >= 11 is 0. The van der Waals surface area contributed by atoms with Crippen LogP contribution in [0, 0.1) is 0 Å². The van der Waals surface area contributed by atoms with Crippen molar-refractivity contribution >= 4 is 5.91 Å². The maximum Gasteiger partial charge on any atom is 0.242 e. The van der Waals surface area contributed by atoms with Crippen LogP contribution in [0.4, 0.5) is 0 Å². The Kier molecular flexibility index (Phi) is 5.71. The van der Waals surface area contributed by atoms with Crippen molar-refractivity contribution in [2.75, 3.05) is 7.05 Å². The second-order valence-electron chi connectivity index (χ2n) is 6.86. The molecule has 1 amide bonds. The molecule has 0 aliphatic rings. The maximum absolute atomic E-state index is 12.7. The number of aromatic nitrogens is 4. The fraction of sp³-hybridized carbons (Fsp3) is 0.350. The van der Waals surface area contributed by atoms with Crippen LogP contribution in [-0.2, 0) is 18.4 Å². The number of carbonyl (C=O) groups excluding carboxylic acids is 1. The lowest BCUT2D eigenvalue weighted by Crippen LogP contribution is -2.35. The van der Waals surface area contributed by atoms with E-state index in [1.165, 1.54) is 0 Å². The molecule has 1 aromatic carbocycles. The molecule has 1 atom stereocenters. The lowest BCUT2D eigenvalue weighted by molar-refractivity contribution is -0.123. The summed E-state index contributed by atoms with van der Waals surface area (Å²) in [4.78, 5) is 12.7. The molecule has 0 radical (unpaired) electrons. The normalized spacial score (nSPS) is 12.3. The Morgan fingerprint density at radius 1 is 1.19 bits per heavy atom. The Hall–Kier alpha value is -2.93. The number of amides is 1. The van der Waals surface area contributed by atoms with E-state index in [0.29, 0.717) is 6.54 Å². The molecule has 7 nitrogen and oxygen atoms in total. The number of hydrogen-bond acceptors (Lipinski definition) is 4. The summed E-state index contributed by atoms with van der Waals surface area (Å²) in [6, 6.07) is 9.54. The van der Waals surface area contributed by atoms with Gasteiger partial charge < -0.3 is 10.6 Å². The Bertz CT molecular complexity index is 896. The first-order valence-electron chi connectivity index (χ1n) is 9.07. The minimum absolute atomic E-state index is 0.0901. The van der Waals surface area contributed by atoms with Crippen molar-refractivity contribution in [2.45, 2.75) is 32.4 Å². The van der Waals surface area contributed by atoms with Crippen LogP contribution in [0.2, 0.25) is 0 Å². The highest BCUT2D eigenvalue weighted by atomic mass is 16.2. The standard InChI is InChI=1S/C20H26N6O/c1-14(2)18-15(13-26(24-18)17-8-6-5-7-9-17)10-22-20(27)19(21-3)16-11-23-25(4)12-16/h5-9,11-14,19,21H,10H2,1-4H3,(H,22,27). The number of nitrogens with zero attached hydrogens (tertiary/aromatic N) is 4. The number of aryl methyl sites for hydroxylation is 1. The third-order valence-electron chi connectivity index (χ3n) is 4.45. The van der Waals surface area contributed by atoms with Gasteiger partial charge in [-0.05, 0) is 25.1 Å². The molecule has 0 saturated heterocycles. The molecule has 142 valence electrons. The molecule has 0 aliphatic carbocycles. The van der Waals surface area contributed by atoms with E-state index in [1.54, 1.807) is 17.9 Å². The molecule has 2 aromatic heterocycles. The van der Waals surface area contributed by atoms with Gasteiger partial charge in [0.1, 0.15) is 6.04 Å². The maximum atomic E-state index is 12.7. The van der Waals surface area contributed by atoms with Crippen molar-refractivity contribution in [2.24, 2.45) is 7.05 Å². The van der Waals surface area contributed by atoms with E-state index >= 15 is 0 Å². The van der Waals surface area contributed by atoms with Gasteiger partial charge in [0.25, 0.3) is 0 Å². The number of hydrogen-bond donors (Lipinski definition) is 2. The average molecular weight is 366 g/mol. The van der Waals surface area contributed by atoms with Gasteiger partial charge in [-0.3, -0.25) is 9.48 Å². The molecule has 0 fully saturated rings. The summed E-state index contributed by atoms with van der Waals surface area (Å²) in [5, 5.41) is 14.9. The van der Waals surface area contributed by atoms with Crippen LogP contribution in [0.5, 0.6) is 0 Å². The van der Waals surface area contributed by atoms with E-state index in [9.17, 15) is 4.79 Å². The van der Waals surface area contributed by atoms with Crippen molar-refractivity contribution in [1.29, 1.82) is 0 Å². The molecule has 0 bridgehead atoms. The molecule has 0 spiro atoms. The SMILES string of the molecule is CNC(C(=O)NCc1cn(-c2ccccc2)nc1C(C)C)c1cnn(C)c1. The largest absolute Gasteiger partial charge is 0.350 e. The molecule has 2 N–H and O–H groups in total. The van der Waals surface area contributed by atoms with Crippen molar-refractivity contribution in [3.05, 3.63) is 65.7 Å². The summed E-state index contributed by atoms with van der Waals surface area (Å²) in [5.41, 5.74) is 3.84. The first-order chi connectivity index (χ1) is 13.0. The van der Waals surface area contributed by atoms with Crippen molar-refractivity contribution in [1.82, 2.24) is 30.2 Å². The number of nitrogens with one attached hydrogen (secondary N) is 2. The van der Waals surface area contributed by atoms with Gasteiger partial charge in [0.15, 0.2) is 0 Å². The van der Waals surface area contributed by atoms with E-state index in [2.05, 4.69) is 29.6 Å². The number of benzene rings is 1. The van der Waals surface area contributed by atoms with Crippen LogP contribution < -0.4 is 10.6 Å². The van der Waals surface area contributed by atoms with E-state index < -0.39 is 6.04 Å². The lowest BCUT2D eigenvalue weighted by Gasteiger charge is -2.14. The zero-order valence-electron chi connectivity index (χ0n) is 16.2. The summed E-state index contributed by atoms with van der Waals surface area (Å²) in [5.74, 6) is 0.174. The van der Waals surface area contributed by atoms with Crippen LogP contribution in [0.25, 0.3) is 5.69 Å². The number of para-hydroxylation sites is 1. The third-order valence-corrected chi connectivity index (χ3v) is 4.45. The van der Waals surface area contributed by atoms with Crippen molar-refractivity contribution in [3.63, 3.8) is 0 Å². The second kappa shape index (κ2) is 8.18. The average Bonchev–Trinajstić information content (AvgIpc) is 3.28. The van der Waals surface area contributed by atoms with Gasteiger partial charge in [0.05, 0.1) is 17.6 Å². The molecule has 3 aromatic rings. The lowest BCUT2D eigenvalue weighted by atomic mass is 10.1. The Balaban J connectivity index is 1.76. The molecule has 7 heteroatoms. The summed E-state index contributed by atoms with van der Waals surface area (Å²) in [6.45, 7) is 4.64. The second-order valence-corrected chi connectivity index (χ2v) is 6.86. The Labute approximate surface area is 159 Å². The van der Waals surface area contributed by atoms with Gasteiger partial charge in [-0.2, -0.15) is 10.2 Å². The van der Waals surface area contributed by atoms with Crippen LogP contribution in [0.1, 0.15) is 42.6 Å². The minimum atomic E-state index is -0.439. The molecule has 0 saturated carbocycles. The highest BCUT2D eigenvalue weighted by Crippen LogP contribution is 2.20. The fourth-order valence-corrected chi connectivity index (χ4v) is 3.08.